The molecule has 0 aromatic heterocycles. The summed E-state index contributed by atoms with van der Waals surface area (Å²) in [6, 6.07) is 12.1. The van der Waals surface area contributed by atoms with Crippen molar-refractivity contribution in [2.75, 3.05) is 0 Å². The van der Waals surface area contributed by atoms with Gasteiger partial charge in [-0.15, -0.1) is 0 Å². The van der Waals surface area contributed by atoms with Crippen LogP contribution in [0.1, 0.15) is 22.7 Å². The lowest BCUT2D eigenvalue weighted by Crippen LogP contribution is -2.30. The van der Waals surface area contributed by atoms with Crippen molar-refractivity contribution in [1.29, 1.82) is 0 Å². The van der Waals surface area contributed by atoms with Gasteiger partial charge in [0.2, 0.25) is 0 Å². The lowest BCUT2D eigenvalue weighted by Gasteiger charge is -2.19. The first-order valence-corrected chi connectivity index (χ1v) is 6.44. The van der Waals surface area contributed by atoms with Crippen LogP contribution < -0.4 is 11.3 Å². The van der Waals surface area contributed by atoms with Gasteiger partial charge in [0, 0.05) is 5.02 Å². The Labute approximate surface area is 117 Å². The van der Waals surface area contributed by atoms with Crippen molar-refractivity contribution in [1.82, 2.24) is 5.43 Å². The summed E-state index contributed by atoms with van der Waals surface area (Å²) < 4.78 is 12.9. The highest BCUT2D eigenvalue weighted by molar-refractivity contribution is 6.30. The molecule has 2 aromatic rings. The summed E-state index contributed by atoms with van der Waals surface area (Å²) in [6.07, 6.45) is 0.694. The van der Waals surface area contributed by atoms with Crippen LogP contribution in [0, 0.1) is 12.7 Å². The molecule has 0 aliphatic heterocycles. The van der Waals surface area contributed by atoms with Gasteiger partial charge in [0.05, 0.1) is 6.04 Å². The first kappa shape index (κ1) is 14.0. The van der Waals surface area contributed by atoms with E-state index in [0.29, 0.717) is 11.4 Å². The maximum Gasteiger partial charge on any atom is 0.123 e. The monoisotopic (exact) mass is 278 g/mol. The maximum absolute atomic E-state index is 12.9. The Balaban J connectivity index is 2.22. The summed E-state index contributed by atoms with van der Waals surface area (Å²) >= 11 is 5.95. The molecule has 2 nitrogen and oxygen atoms in total. The average Bonchev–Trinajstić information content (AvgIpc) is 2.39. The van der Waals surface area contributed by atoms with Crippen molar-refractivity contribution >= 4 is 11.6 Å². The molecule has 0 heterocycles. The Kier molecular flexibility index (Phi) is 4.53. The van der Waals surface area contributed by atoms with Crippen LogP contribution >= 0.6 is 11.6 Å². The zero-order chi connectivity index (χ0) is 13.8. The van der Waals surface area contributed by atoms with Crippen LogP contribution in [0.15, 0.2) is 42.5 Å². The van der Waals surface area contributed by atoms with Crippen molar-refractivity contribution in [3.05, 3.63) is 70.0 Å². The van der Waals surface area contributed by atoms with Crippen LogP contribution in [0.2, 0.25) is 5.02 Å². The van der Waals surface area contributed by atoms with Gasteiger partial charge in [-0.3, -0.25) is 11.3 Å². The minimum atomic E-state index is -0.233. The van der Waals surface area contributed by atoms with E-state index in [9.17, 15) is 4.39 Å². The highest BCUT2D eigenvalue weighted by Crippen LogP contribution is 2.24. The molecular formula is C15H16ClFN2. The average molecular weight is 279 g/mol. The second-order valence-electron chi connectivity index (χ2n) is 4.55. The Bertz CT molecular complexity index is 555. The van der Waals surface area contributed by atoms with Gasteiger partial charge in [0.25, 0.3) is 0 Å². The van der Waals surface area contributed by atoms with E-state index in [2.05, 4.69) is 5.43 Å². The van der Waals surface area contributed by atoms with E-state index in [0.717, 1.165) is 16.7 Å². The molecule has 2 aromatic carbocycles. The number of halogens is 2. The van der Waals surface area contributed by atoms with E-state index in [-0.39, 0.29) is 11.9 Å². The SMILES string of the molecule is Cc1cc(Cl)ccc1C(Cc1ccc(F)cc1)NN. The number of aryl methyl sites for hydroxylation is 1. The van der Waals surface area contributed by atoms with Crippen LogP contribution in [-0.4, -0.2) is 0 Å². The third-order valence-corrected chi connectivity index (χ3v) is 3.40. The molecule has 0 spiro atoms. The molecule has 1 unspecified atom stereocenters. The Hall–Kier alpha value is -1.42. The van der Waals surface area contributed by atoms with Crippen LogP contribution in [0.3, 0.4) is 0 Å². The quantitative estimate of drug-likeness (QED) is 0.663. The van der Waals surface area contributed by atoms with Gasteiger partial charge in [-0.1, -0.05) is 29.8 Å². The summed E-state index contributed by atoms with van der Waals surface area (Å²) in [5, 5.41) is 0.707. The predicted molar refractivity (Wildman–Crippen MR) is 76.4 cm³/mol. The highest BCUT2D eigenvalue weighted by Gasteiger charge is 2.13. The molecule has 19 heavy (non-hydrogen) atoms. The smallest absolute Gasteiger partial charge is 0.123 e. The van der Waals surface area contributed by atoms with Crippen LogP contribution in [-0.2, 0) is 6.42 Å². The minimum absolute atomic E-state index is 0.0253. The molecule has 1 atom stereocenters. The van der Waals surface area contributed by atoms with E-state index in [4.69, 9.17) is 17.4 Å². The molecule has 0 aliphatic rings. The topological polar surface area (TPSA) is 38.0 Å². The number of benzene rings is 2. The Morgan fingerprint density at radius 2 is 1.89 bits per heavy atom. The normalized spacial score (nSPS) is 12.4. The van der Waals surface area contributed by atoms with Crippen LogP contribution in [0.4, 0.5) is 4.39 Å². The van der Waals surface area contributed by atoms with Crippen LogP contribution in [0.5, 0.6) is 0 Å². The Morgan fingerprint density at radius 3 is 2.47 bits per heavy atom. The lowest BCUT2D eigenvalue weighted by molar-refractivity contribution is 0.548. The van der Waals surface area contributed by atoms with Crippen molar-refractivity contribution in [3.63, 3.8) is 0 Å². The fraction of sp³-hybridized carbons (Fsp3) is 0.200. The number of hydrogen-bond acceptors (Lipinski definition) is 2. The molecule has 3 N–H and O–H groups in total. The number of nitrogens with one attached hydrogen (secondary N) is 1. The van der Waals surface area contributed by atoms with E-state index in [1.54, 1.807) is 12.1 Å². The molecule has 100 valence electrons. The van der Waals surface area contributed by atoms with Gasteiger partial charge >= 0.3 is 0 Å². The van der Waals surface area contributed by atoms with E-state index in [1.165, 1.54) is 12.1 Å². The second-order valence-corrected chi connectivity index (χ2v) is 4.99. The third-order valence-electron chi connectivity index (χ3n) is 3.16. The highest BCUT2D eigenvalue weighted by atomic mass is 35.5. The number of rotatable bonds is 4. The molecule has 4 heteroatoms. The molecule has 0 fully saturated rings. The molecule has 0 amide bonds. The largest absolute Gasteiger partial charge is 0.271 e. The molecule has 0 saturated carbocycles. The minimum Gasteiger partial charge on any atom is -0.271 e. The van der Waals surface area contributed by atoms with Gasteiger partial charge < -0.3 is 0 Å². The summed E-state index contributed by atoms with van der Waals surface area (Å²) in [5.41, 5.74) is 6.01. The summed E-state index contributed by atoms with van der Waals surface area (Å²) in [4.78, 5) is 0. The van der Waals surface area contributed by atoms with Gasteiger partial charge in [0.15, 0.2) is 0 Å². The van der Waals surface area contributed by atoms with E-state index < -0.39 is 0 Å². The summed E-state index contributed by atoms with van der Waals surface area (Å²) in [7, 11) is 0. The number of hydrogen-bond donors (Lipinski definition) is 2. The van der Waals surface area contributed by atoms with Crippen molar-refractivity contribution in [2.45, 2.75) is 19.4 Å². The lowest BCUT2D eigenvalue weighted by atomic mass is 9.96. The maximum atomic E-state index is 12.9. The van der Waals surface area contributed by atoms with Crippen molar-refractivity contribution in [2.24, 2.45) is 5.84 Å². The molecule has 0 bridgehead atoms. The van der Waals surface area contributed by atoms with Gasteiger partial charge in [-0.2, -0.15) is 0 Å². The van der Waals surface area contributed by atoms with Gasteiger partial charge in [-0.25, -0.2) is 4.39 Å². The summed E-state index contributed by atoms with van der Waals surface area (Å²) in [6.45, 7) is 2.00. The van der Waals surface area contributed by atoms with Crippen LogP contribution in [0.25, 0.3) is 0 Å². The van der Waals surface area contributed by atoms with Crippen molar-refractivity contribution < 1.29 is 4.39 Å². The zero-order valence-electron chi connectivity index (χ0n) is 10.7. The fourth-order valence-corrected chi connectivity index (χ4v) is 2.37. The standard InChI is InChI=1S/C15H16ClFN2/c1-10-8-12(16)4-7-14(10)15(19-18)9-11-2-5-13(17)6-3-11/h2-8,15,19H,9,18H2,1H3. The molecule has 0 aliphatic carbocycles. The Morgan fingerprint density at radius 1 is 1.21 bits per heavy atom. The molecule has 0 saturated heterocycles. The number of nitrogens with two attached hydrogens (primary N) is 1. The predicted octanol–water partition coefficient (Wildman–Crippen LogP) is 3.53. The van der Waals surface area contributed by atoms with Crippen molar-refractivity contribution in [3.8, 4) is 0 Å². The second kappa shape index (κ2) is 6.15. The van der Waals surface area contributed by atoms with E-state index in [1.807, 2.05) is 25.1 Å². The first-order chi connectivity index (χ1) is 9.10. The summed E-state index contributed by atoms with van der Waals surface area (Å²) in [5.74, 6) is 5.40. The fourth-order valence-electron chi connectivity index (χ4n) is 2.14. The number of hydrazine groups is 1. The molecular weight excluding hydrogens is 263 g/mol. The third kappa shape index (κ3) is 3.53. The first-order valence-electron chi connectivity index (χ1n) is 6.07. The molecule has 2 rings (SSSR count). The zero-order valence-corrected chi connectivity index (χ0v) is 11.4. The molecule has 0 radical (unpaired) electrons. The van der Waals surface area contributed by atoms with Gasteiger partial charge in [-0.05, 0) is 54.3 Å². The van der Waals surface area contributed by atoms with Gasteiger partial charge in [0.1, 0.15) is 5.82 Å². The van der Waals surface area contributed by atoms with E-state index >= 15 is 0 Å².